The van der Waals surface area contributed by atoms with Crippen LogP contribution in [0.3, 0.4) is 0 Å². The van der Waals surface area contributed by atoms with Gasteiger partial charge in [0.25, 0.3) is 5.70 Å². The van der Waals surface area contributed by atoms with Gasteiger partial charge >= 0.3 is 0 Å². The van der Waals surface area contributed by atoms with Gasteiger partial charge in [-0.2, -0.15) is 0 Å². The Labute approximate surface area is 168 Å². The van der Waals surface area contributed by atoms with Gasteiger partial charge in [-0.3, -0.25) is 14.9 Å². The molecule has 0 saturated carbocycles. The van der Waals surface area contributed by atoms with Crippen LogP contribution in [0.15, 0.2) is 47.7 Å². The van der Waals surface area contributed by atoms with Crippen molar-refractivity contribution >= 4 is 28.8 Å². The van der Waals surface area contributed by atoms with Crippen LogP contribution in [0.5, 0.6) is 0 Å². The minimum atomic E-state index is -0.466. The van der Waals surface area contributed by atoms with Crippen LogP contribution in [0, 0.1) is 17.0 Å². The minimum absolute atomic E-state index is 0.0170. The summed E-state index contributed by atoms with van der Waals surface area (Å²) in [4.78, 5) is 30.2. The molecule has 0 aromatic carbocycles. The van der Waals surface area contributed by atoms with Gasteiger partial charge in [0.15, 0.2) is 5.78 Å². The second-order valence-corrected chi connectivity index (χ2v) is 7.12. The Kier molecular flexibility index (Phi) is 7.00. The number of rotatable bonds is 8. The number of hydrogen-bond acceptors (Lipinski definition) is 5. The van der Waals surface area contributed by atoms with Gasteiger partial charge in [-0.25, -0.2) is 4.98 Å². The van der Waals surface area contributed by atoms with E-state index < -0.39 is 4.92 Å². The van der Waals surface area contributed by atoms with E-state index in [0.29, 0.717) is 11.1 Å². The van der Waals surface area contributed by atoms with Crippen molar-refractivity contribution in [2.75, 3.05) is 0 Å². The van der Waals surface area contributed by atoms with Crippen molar-refractivity contribution < 1.29 is 9.72 Å². The number of hydrogen-bond donors (Lipinski definition) is 1. The highest BCUT2D eigenvalue weighted by Gasteiger charge is 2.16. The molecule has 28 heavy (non-hydrogen) atoms. The zero-order chi connectivity index (χ0) is 20.8. The largest absolute Gasteiger partial charge is 0.364 e. The van der Waals surface area contributed by atoms with Gasteiger partial charge in [0.2, 0.25) is 0 Å². The van der Waals surface area contributed by atoms with Crippen LogP contribution in [0.2, 0.25) is 0 Å². The van der Waals surface area contributed by atoms with E-state index in [2.05, 4.69) is 16.5 Å². The monoisotopic (exact) mass is 397 g/mol. The average Bonchev–Trinajstić information content (AvgIpc) is 3.25. The van der Waals surface area contributed by atoms with E-state index in [1.54, 1.807) is 13.1 Å². The summed E-state index contributed by atoms with van der Waals surface area (Å²) in [5, 5.41) is 13.8. The number of carbonyl (C=O) groups is 1. The standard InChI is InChI=1S/C21H23N3O3S/c1-6-8-16(15(5)25)9-13(3)21-23-20(12-28-21)19-11-22-14(4)18(19)10-17(7-2)24(26)27/h7-12,22H,2,6H2,1,3-5H3/b13-9+,16-8+,17-10+. The Hall–Kier alpha value is -3.06. The Bertz CT molecular complexity index is 1010. The van der Waals surface area contributed by atoms with Gasteiger partial charge < -0.3 is 4.98 Å². The highest BCUT2D eigenvalue weighted by atomic mass is 32.1. The molecule has 0 aliphatic carbocycles. The van der Waals surface area contributed by atoms with Crippen LogP contribution in [-0.4, -0.2) is 20.7 Å². The summed E-state index contributed by atoms with van der Waals surface area (Å²) in [6, 6.07) is 0. The number of aryl methyl sites for hydroxylation is 1. The third-order valence-electron chi connectivity index (χ3n) is 4.16. The third kappa shape index (κ3) is 4.80. The van der Waals surface area contributed by atoms with E-state index in [1.165, 1.54) is 23.5 Å². The lowest BCUT2D eigenvalue weighted by Crippen LogP contribution is -1.95. The number of ketones is 1. The molecule has 0 atom stereocenters. The normalized spacial score (nSPS) is 12.9. The van der Waals surface area contributed by atoms with Crippen molar-refractivity contribution in [2.24, 2.45) is 0 Å². The molecular formula is C21H23N3O3S. The number of allylic oxidation sites excluding steroid dienone is 5. The quantitative estimate of drug-likeness (QED) is 0.272. The second-order valence-electron chi connectivity index (χ2n) is 6.26. The lowest BCUT2D eigenvalue weighted by molar-refractivity contribution is -0.417. The molecular weight excluding hydrogens is 374 g/mol. The van der Waals surface area contributed by atoms with Crippen LogP contribution in [0.25, 0.3) is 22.9 Å². The summed E-state index contributed by atoms with van der Waals surface area (Å²) in [6.07, 6.45) is 9.03. The maximum absolute atomic E-state index is 11.8. The van der Waals surface area contributed by atoms with Crippen LogP contribution in [0.4, 0.5) is 0 Å². The summed E-state index contributed by atoms with van der Waals surface area (Å²) in [5.41, 5.74) is 4.50. The number of nitro groups is 1. The molecule has 2 aromatic heterocycles. The fourth-order valence-corrected chi connectivity index (χ4v) is 3.47. The van der Waals surface area contributed by atoms with E-state index in [0.717, 1.165) is 34.0 Å². The second kappa shape index (κ2) is 9.23. The van der Waals surface area contributed by atoms with E-state index in [4.69, 9.17) is 0 Å². The van der Waals surface area contributed by atoms with Crippen molar-refractivity contribution in [1.82, 2.24) is 9.97 Å². The van der Waals surface area contributed by atoms with Gasteiger partial charge in [0.05, 0.1) is 10.6 Å². The molecule has 0 spiro atoms. The molecule has 0 fully saturated rings. The molecule has 146 valence electrons. The predicted octanol–water partition coefficient (Wildman–Crippen LogP) is 5.58. The van der Waals surface area contributed by atoms with Crippen LogP contribution < -0.4 is 0 Å². The van der Waals surface area contributed by atoms with Gasteiger partial charge in [-0.1, -0.05) is 19.6 Å². The maximum atomic E-state index is 11.8. The minimum Gasteiger partial charge on any atom is -0.364 e. The summed E-state index contributed by atoms with van der Waals surface area (Å²) in [5.74, 6) is 0.0170. The number of H-pyrrole nitrogens is 1. The number of nitrogens with one attached hydrogen (secondary N) is 1. The first-order valence-electron chi connectivity index (χ1n) is 8.80. The van der Waals surface area contributed by atoms with Crippen molar-refractivity contribution in [3.05, 3.63) is 74.0 Å². The number of carbonyl (C=O) groups excluding carboxylic acids is 1. The van der Waals surface area contributed by atoms with E-state index in [9.17, 15) is 14.9 Å². The molecule has 6 nitrogen and oxygen atoms in total. The molecule has 0 aliphatic heterocycles. The van der Waals surface area contributed by atoms with Crippen molar-refractivity contribution in [3.8, 4) is 11.3 Å². The number of thiazole rings is 1. The number of nitrogens with zero attached hydrogens (tertiary/aromatic N) is 2. The fourth-order valence-electron chi connectivity index (χ4n) is 2.67. The first-order valence-corrected chi connectivity index (χ1v) is 9.68. The molecule has 2 aromatic rings. The maximum Gasteiger partial charge on any atom is 0.269 e. The molecule has 1 N–H and O–H groups in total. The first kappa shape index (κ1) is 21.2. The van der Waals surface area contributed by atoms with Crippen LogP contribution in [-0.2, 0) is 4.79 Å². The topological polar surface area (TPSA) is 88.9 Å². The summed E-state index contributed by atoms with van der Waals surface area (Å²) < 4.78 is 0. The highest BCUT2D eigenvalue weighted by Crippen LogP contribution is 2.31. The molecule has 0 radical (unpaired) electrons. The van der Waals surface area contributed by atoms with Crippen LogP contribution in [0.1, 0.15) is 43.5 Å². The van der Waals surface area contributed by atoms with E-state index >= 15 is 0 Å². The van der Waals surface area contributed by atoms with Gasteiger partial charge in [0, 0.05) is 46.1 Å². The average molecular weight is 398 g/mol. The number of aromatic amines is 1. The van der Waals surface area contributed by atoms with Gasteiger partial charge in [-0.05, 0) is 38.8 Å². The summed E-state index contributed by atoms with van der Waals surface area (Å²) >= 11 is 1.47. The number of aromatic nitrogens is 2. The summed E-state index contributed by atoms with van der Waals surface area (Å²) in [6.45, 7) is 10.8. The lowest BCUT2D eigenvalue weighted by Gasteiger charge is -2.00. The highest BCUT2D eigenvalue weighted by molar-refractivity contribution is 7.11. The van der Waals surface area contributed by atoms with E-state index in [-0.39, 0.29) is 11.5 Å². The first-order chi connectivity index (χ1) is 13.3. The molecule has 0 unspecified atom stereocenters. The van der Waals surface area contributed by atoms with Crippen molar-refractivity contribution in [1.29, 1.82) is 0 Å². The Balaban J connectivity index is 2.45. The van der Waals surface area contributed by atoms with Crippen molar-refractivity contribution in [3.63, 3.8) is 0 Å². The molecule has 2 rings (SSSR count). The van der Waals surface area contributed by atoms with Gasteiger partial charge in [-0.15, -0.1) is 11.3 Å². The Morgan fingerprint density at radius 2 is 2.14 bits per heavy atom. The smallest absolute Gasteiger partial charge is 0.269 e. The van der Waals surface area contributed by atoms with E-state index in [1.807, 2.05) is 38.3 Å². The lowest BCUT2D eigenvalue weighted by atomic mass is 10.1. The Morgan fingerprint density at radius 3 is 2.71 bits per heavy atom. The SMILES string of the molecule is C=C/C(=C\c1c(-c2csc(/C(C)=C/C(=C\CC)C(C)=O)n2)c[nH]c1C)[N+](=O)[O-]. The fraction of sp³-hybridized carbons (Fsp3) is 0.238. The van der Waals surface area contributed by atoms with Crippen LogP contribution >= 0.6 is 11.3 Å². The zero-order valence-electron chi connectivity index (χ0n) is 16.4. The molecule has 0 aliphatic rings. The Morgan fingerprint density at radius 1 is 1.43 bits per heavy atom. The molecule has 2 heterocycles. The third-order valence-corrected chi connectivity index (χ3v) is 5.14. The predicted molar refractivity (Wildman–Crippen MR) is 115 cm³/mol. The summed E-state index contributed by atoms with van der Waals surface area (Å²) in [7, 11) is 0. The molecule has 7 heteroatoms. The molecule has 0 saturated heterocycles. The van der Waals surface area contributed by atoms with Crippen molar-refractivity contribution in [2.45, 2.75) is 34.1 Å². The molecule has 0 bridgehead atoms. The number of Topliss-reactive ketones (excluding diaryl/α,β-unsaturated/α-hetero) is 1. The van der Waals surface area contributed by atoms with Gasteiger partial charge in [0.1, 0.15) is 5.01 Å². The molecule has 0 amide bonds. The zero-order valence-corrected chi connectivity index (χ0v) is 17.2.